The van der Waals surface area contributed by atoms with E-state index < -0.39 is 0 Å². The molecular formula is C17H20FNO. The largest absolute Gasteiger partial charge is 0.394 e. The van der Waals surface area contributed by atoms with Gasteiger partial charge in [-0.1, -0.05) is 43.3 Å². The van der Waals surface area contributed by atoms with Crippen LogP contribution in [0, 0.1) is 5.82 Å². The summed E-state index contributed by atoms with van der Waals surface area (Å²) in [5.41, 5.74) is 3.34. The van der Waals surface area contributed by atoms with Crippen molar-refractivity contribution in [2.45, 2.75) is 25.9 Å². The minimum Gasteiger partial charge on any atom is -0.394 e. The van der Waals surface area contributed by atoms with Crippen molar-refractivity contribution in [1.29, 1.82) is 0 Å². The Labute approximate surface area is 119 Å². The quantitative estimate of drug-likeness (QED) is 0.847. The Morgan fingerprint density at radius 1 is 1.00 bits per heavy atom. The highest BCUT2D eigenvalue weighted by atomic mass is 19.1. The minimum absolute atomic E-state index is 0.0344. The lowest BCUT2D eigenvalue weighted by molar-refractivity contribution is 0.243. The fraction of sp³-hybridized carbons (Fsp3) is 0.294. The number of benzene rings is 2. The van der Waals surface area contributed by atoms with E-state index >= 15 is 0 Å². The van der Waals surface area contributed by atoms with Crippen LogP contribution in [0.4, 0.5) is 4.39 Å². The second-order valence-corrected chi connectivity index (χ2v) is 4.84. The van der Waals surface area contributed by atoms with Gasteiger partial charge >= 0.3 is 0 Å². The maximum Gasteiger partial charge on any atom is 0.123 e. The number of aliphatic hydroxyl groups is 1. The standard InChI is InChI=1S/C17H20FNO/c1-2-13-3-7-15(8-4-13)17(12-20)19-11-14-5-9-16(18)10-6-14/h3-10,17,19-20H,2,11-12H2,1H3. The number of halogens is 1. The van der Waals surface area contributed by atoms with Crippen molar-refractivity contribution in [1.82, 2.24) is 5.32 Å². The monoisotopic (exact) mass is 273 g/mol. The summed E-state index contributed by atoms with van der Waals surface area (Å²) in [7, 11) is 0. The lowest BCUT2D eigenvalue weighted by Gasteiger charge is -2.17. The Morgan fingerprint density at radius 3 is 2.15 bits per heavy atom. The second kappa shape index (κ2) is 7.17. The minimum atomic E-state index is -0.234. The lowest BCUT2D eigenvalue weighted by atomic mass is 10.0. The maximum atomic E-state index is 12.8. The Kier molecular flexibility index (Phi) is 5.27. The molecule has 2 N–H and O–H groups in total. The Hall–Kier alpha value is -1.71. The fourth-order valence-corrected chi connectivity index (χ4v) is 2.12. The molecule has 3 heteroatoms. The molecule has 0 aliphatic heterocycles. The van der Waals surface area contributed by atoms with Gasteiger partial charge in [0, 0.05) is 6.54 Å². The van der Waals surface area contributed by atoms with Crippen LogP contribution in [0.1, 0.15) is 29.7 Å². The third-order valence-electron chi connectivity index (χ3n) is 3.44. The smallest absolute Gasteiger partial charge is 0.123 e. The number of aryl methyl sites for hydroxylation is 1. The molecule has 2 aromatic rings. The van der Waals surface area contributed by atoms with E-state index in [0.29, 0.717) is 6.54 Å². The third-order valence-corrected chi connectivity index (χ3v) is 3.44. The lowest BCUT2D eigenvalue weighted by Crippen LogP contribution is -2.24. The average molecular weight is 273 g/mol. The van der Waals surface area contributed by atoms with Crippen LogP contribution in [-0.4, -0.2) is 11.7 Å². The summed E-state index contributed by atoms with van der Waals surface area (Å²) >= 11 is 0. The third kappa shape index (κ3) is 3.89. The molecule has 1 atom stereocenters. The van der Waals surface area contributed by atoms with Crippen LogP contribution < -0.4 is 5.32 Å². The number of aliphatic hydroxyl groups excluding tert-OH is 1. The number of hydrogen-bond donors (Lipinski definition) is 2. The molecule has 20 heavy (non-hydrogen) atoms. The van der Waals surface area contributed by atoms with Crippen LogP contribution in [0.25, 0.3) is 0 Å². The van der Waals surface area contributed by atoms with Crippen LogP contribution in [0.2, 0.25) is 0 Å². The molecule has 1 unspecified atom stereocenters. The van der Waals surface area contributed by atoms with E-state index in [-0.39, 0.29) is 18.5 Å². The van der Waals surface area contributed by atoms with Gasteiger partial charge < -0.3 is 10.4 Å². The summed E-state index contributed by atoms with van der Waals surface area (Å²) in [6.07, 6.45) is 1.01. The summed E-state index contributed by atoms with van der Waals surface area (Å²) in [6.45, 7) is 2.75. The van der Waals surface area contributed by atoms with Crippen molar-refractivity contribution in [2.75, 3.05) is 6.61 Å². The van der Waals surface area contributed by atoms with E-state index in [1.54, 1.807) is 12.1 Å². The van der Waals surface area contributed by atoms with Crippen molar-refractivity contribution in [3.8, 4) is 0 Å². The van der Waals surface area contributed by atoms with Crippen LogP contribution in [0.15, 0.2) is 48.5 Å². The molecule has 0 heterocycles. The van der Waals surface area contributed by atoms with Crippen LogP contribution >= 0.6 is 0 Å². The van der Waals surface area contributed by atoms with Gasteiger partial charge in [-0.3, -0.25) is 0 Å². The maximum absolute atomic E-state index is 12.8. The molecule has 0 fully saturated rings. The molecule has 0 saturated heterocycles. The number of nitrogens with one attached hydrogen (secondary N) is 1. The van der Waals surface area contributed by atoms with Crippen LogP contribution in [-0.2, 0) is 13.0 Å². The molecule has 0 bridgehead atoms. The number of rotatable bonds is 6. The van der Waals surface area contributed by atoms with Gasteiger partial charge in [0.25, 0.3) is 0 Å². The Bertz CT molecular complexity index is 522. The fourth-order valence-electron chi connectivity index (χ4n) is 2.12. The van der Waals surface area contributed by atoms with Crippen molar-refractivity contribution in [3.63, 3.8) is 0 Å². The zero-order valence-corrected chi connectivity index (χ0v) is 11.6. The van der Waals surface area contributed by atoms with Crippen molar-refractivity contribution in [2.24, 2.45) is 0 Å². The summed E-state index contributed by atoms with van der Waals surface area (Å²) in [5, 5.41) is 12.8. The molecule has 0 radical (unpaired) electrons. The first-order valence-corrected chi connectivity index (χ1v) is 6.90. The van der Waals surface area contributed by atoms with E-state index in [0.717, 1.165) is 17.5 Å². The summed E-state index contributed by atoms with van der Waals surface area (Å²) in [4.78, 5) is 0. The predicted octanol–water partition coefficient (Wildman–Crippen LogP) is 3.21. The van der Waals surface area contributed by atoms with E-state index in [9.17, 15) is 9.50 Å². The van der Waals surface area contributed by atoms with Crippen LogP contribution in [0.5, 0.6) is 0 Å². The van der Waals surface area contributed by atoms with Gasteiger partial charge in [-0.25, -0.2) is 4.39 Å². The molecule has 2 aromatic carbocycles. The van der Waals surface area contributed by atoms with Gasteiger partial charge in [-0.2, -0.15) is 0 Å². The van der Waals surface area contributed by atoms with Gasteiger partial charge in [0.05, 0.1) is 12.6 Å². The van der Waals surface area contributed by atoms with Crippen molar-refractivity contribution < 1.29 is 9.50 Å². The highest BCUT2D eigenvalue weighted by Crippen LogP contribution is 2.15. The van der Waals surface area contributed by atoms with E-state index in [4.69, 9.17) is 0 Å². The highest BCUT2D eigenvalue weighted by molar-refractivity contribution is 5.25. The SMILES string of the molecule is CCc1ccc(C(CO)NCc2ccc(F)cc2)cc1. The Balaban J connectivity index is 1.99. The Morgan fingerprint density at radius 2 is 1.60 bits per heavy atom. The summed E-state index contributed by atoms with van der Waals surface area (Å²) in [6, 6.07) is 14.5. The summed E-state index contributed by atoms with van der Waals surface area (Å²) in [5.74, 6) is -0.234. The van der Waals surface area contributed by atoms with Crippen molar-refractivity contribution >= 4 is 0 Å². The normalized spacial score (nSPS) is 12.3. The predicted molar refractivity (Wildman–Crippen MR) is 78.9 cm³/mol. The molecule has 2 rings (SSSR count). The second-order valence-electron chi connectivity index (χ2n) is 4.84. The zero-order chi connectivity index (χ0) is 14.4. The molecule has 0 aromatic heterocycles. The van der Waals surface area contributed by atoms with E-state index in [2.05, 4.69) is 24.4 Å². The molecule has 0 aliphatic rings. The van der Waals surface area contributed by atoms with Gasteiger partial charge in [0.15, 0.2) is 0 Å². The zero-order valence-electron chi connectivity index (χ0n) is 11.6. The summed E-state index contributed by atoms with van der Waals surface area (Å²) < 4.78 is 12.8. The first-order valence-electron chi connectivity index (χ1n) is 6.90. The number of hydrogen-bond acceptors (Lipinski definition) is 2. The average Bonchev–Trinajstić information content (AvgIpc) is 2.50. The molecule has 0 amide bonds. The van der Waals surface area contributed by atoms with Gasteiger partial charge in [-0.05, 0) is 35.2 Å². The molecular weight excluding hydrogens is 253 g/mol. The molecule has 0 saturated carbocycles. The van der Waals surface area contributed by atoms with Gasteiger partial charge in [0.1, 0.15) is 5.82 Å². The first-order chi connectivity index (χ1) is 9.72. The van der Waals surface area contributed by atoms with E-state index in [1.807, 2.05) is 12.1 Å². The van der Waals surface area contributed by atoms with Crippen LogP contribution in [0.3, 0.4) is 0 Å². The molecule has 2 nitrogen and oxygen atoms in total. The topological polar surface area (TPSA) is 32.3 Å². The van der Waals surface area contributed by atoms with E-state index in [1.165, 1.54) is 17.7 Å². The van der Waals surface area contributed by atoms with Gasteiger partial charge in [0.2, 0.25) is 0 Å². The molecule has 0 aliphatic carbocycles. The first kappa shape index (κ1) is 14.7. The molecule has 106 valence electrons. The van der Waals surface area contributed by atoms with Gasteiger partial charge in [-0.15, -0.1) is 0 Å². The molecule has 0 spiro atoms. The highest BCUT2D eigenvalue weighted by Gasteiger charge is 2.09. The van der Waals surface area contributed by atoms with Crippen molar-refractivity contribution in [3.05, 3.63) is 71.0 Å².